The Hall–Kier alpha value is -3.15. The molecular formula is C24H26N4O2. The lowest BCUT2D eigenvalue weighted by Crippen LogP contribution is -2.30. The van der Waals surface area contributed by atoms with E-state index < -0.39 is 0 Å². The second-order valence-corrected chi connectivity index (χ2v) is 8.14. The van der Waals surface area contributed by atoms with Crippen molar-refractivity contribution in [3.05, 3.63) is 53.9 Å². The molecule has 0 unspecified atom stereocenters. The smallest absolute Gasteiger partial charge is 0.341 e. The largest absolute Gasteiger partial charge is 0.465 e. The molecule has 3 aromatic rings. The van der Waals surface area contributed by atoms with Crippen molar-refractivity contribution in [1.29, 1.82) is 0 Å². The highest BCUT2D eigenvalue weighted by Crippen LogP contribution is 2.41. The van der Waals surface area contributed by atoms with Crippen molar-refractivity contribution in [3.63, 3.8) is 0 Å². The minimum atomic E-state index is -0.372. The molecule has 0 radical (unpaired) electrons. The van der Waals surface area contributed by atoms with Gasteiger partial charge in [-0.2, -0.15) is 0 Å². The summed E-state index contributed by atoms with van der Waals surface area (Å²) in [6.07, 6.45) is 9.74. The maximum Gasteiger partial charge on any atom is 0.341 e. The molecule has 0 spiro atoms. The summed E-state index contributed by atoms with van der Waals surface area (Å²) in [5.74, 6) is 1.70. The molecule has 2 aromatic heterocycles. The van der Waals surface area contributed by atoms with Crippen LogP contribution in [0.15, 0.2) is 42.7 Å². The minimum Gasteiger partial charge on any atom is -0.465 e. The standard InChI is InChI=1S/C24H26N4O2/c1-30-24(29)20-14-17(16-8-9-16)15-26-22(20)27-21-7-5-6-19-18(21)10-11-25-23(19)28-12-3-2-4-13-28/h5-7,10-11,14-16H,2-4,8-9,12-13H2,1H3,(H,26,27). The summed E-state index contributed by atoms with van der Waals surface area (Å²) in [7, 11) is 1.41. The van der Waals surface area contributed by atoms with Gasteiger partial charge in [-0.3, -0.25) is 0 Å². The number of anilines is 3. The molecule has 2 fully saturated rings. The zero-order valence-electron chi connectivity index (χ0n) is 17.2. The van der Waals surface area contributed by atoms with Crippen LogP contribution >= 0.6 is 0 Å². The number of esters is 1. The number of rotatable bonds is 5. The molecule has 0 amide bonds. The zero-order chi connectivity index (χ0) is 20.5. The number of nitrogens with one attached hydrogen (secondary N) is 1. The van der Waals surface area contributed by atoms with Gasteiger partial charge in [-0.1, -0.05) is 12.1 Å². The van der Waals surface area contributed by atoms with Gasteiger partial charge in [0.15, 0.2) is 0 Å². The quantitative estimate of drug-likeness (QED) is 0.604. The molecule has 0 atom stereocenters. The van der Waals surface area contributed by atoms with Crippen LogP contribution in [-0.2, 0) is 4.74 Å². The Balaban J connectivity index is 1.53. The minimum absolute atomic E-state index is 0.372. The van der Waals surface area contributed by atoms with Gasteiger partial charge in [0, 0.05) is 41.9 Å². The predicted octanol–water partition coefficient (Wildman–Crippen LogP) is 5.03. The topological polar surface area (TPSA) is 67.3 Å². The summed E-state index contributed by atoms with van der Waals surface area (Å²) in [5, 5.41) is 5.57. The van der Waals surface area contributed by atoms with E-state index >= 15 is 0 Å². The maximum atomic E-state index is 12.4. The molecule has 0 bridgehead atoms. The molecule has 1 saturated carbocycles. The van der Waals surface area contributed by atoms with E-state index in [1.54, 1.807) is 0 Å². The molecule has 6 nitrogen and oxygen atoms in total. The van der Waals surface area contributed by atoms with Gasteiger partial charge >= 0.3 is 5.97 Å². The average Bonchev–Trinajstić information content (AvgIpc) is 3.65. The summed E-state index contributed by atoms with van der Waals surface area (Å²) in [6, 6.07) is 10.1. The van der Waals surface area contributed by atoms with Gasteiger partial charge in [0.1, 0.15) is 17.2 Å². The number of hydrogen-bond donors (Lipinski definition) is 1. The van der Waals surface area contributed by atoms with Gasteiger partial charge in [-0.05, 0) is 61.8 Å². The van der Waals surface area contributed by atoms with Crippen LogP contribution in [0, 0.1) is 0 Å². The molecule has 154 valence electrons. The third-order valence-corrected chi connectivity index (χ3v) is 6.06. The lowest BCUT2D eigenvalue weighted by Gasteiger charge is -2.28. The second-order valence-electron chi connectivity index (χ2n) is 8.14. The Bertz CT molecular complexity index is 1090. The van der Waals surface area contributed by atoms with Gasteiger partial charge in [0.2, 0.25) is 0 Å². The highest BCUT2D eigenvalue weighted by atomic mass is 16.5. The maximum absolute atomic E-state index is 12.4. The van der Waals surface area contributed by atoms with Gasteiger partial charge in [0.05, 0.1) is 7.11 Å². The molecular weight excluding hydrogens is 376 g/mol. The molecule has 3 heterocycles. The van der Waals surface area contributed by atoms with E-state index in [4.69, 9.17) is 4.74 Å². The fraction of sp³-hybridized carbons (Fsp3) is 0.375. The lowest BCUT2D eigenvalue weighted by atomic mass is 10.1. The zero-order valence-corrected chi connectivity index (χ0v) is 17.2. The first-order valence-electron chi connectivity index (χ1n) is 10.7. The number of fused-ring (bicyclic) bond motifs is 1. The van der Waals surface area contributed by atoms with Crippen molar-refractivity contribution in [2.75, 3.05) is 30.4 Å². The predicted molar refractivity (Wildman–Crippen MR) is 119 cm³/mol. The molecule has 1 aliphatic carbocycles. The summed E-state index contributed by atoms with van der Waals surface area (Å²) < 4.78 is 5.02. The Morgan fingerprint density at radius 3 is 2.70 bits per heavy atom. The number of nitrogens with zero attached hydrogens (tertiary/aromatic N) is 3. The van der Waals surface area contributed by atoms with Crippen molar-refractivity contribution in [3.8, 4) is 0 Å². The lowest BCUT2D eigenvalue weighted by molar-refractivity contribution is 0.0601. The first-order chi connectivity index (χ1) is 14.7. The summed E-state index contributed by atoms with van der Waals surface area (Å²) >= 11 is 0. The van der Waals surface area contributed by atoms with Crippen LogP contribution in [0.4, 0.5) is 17.3 Å². The number of pyridine rings is 2. The summed E-state index contributed by atoms with van der Waals surface area (Å²) in [6.45, 7) is 2.08. The van der Waals surface area contributed by atoms with E-state index in [9.17, 15) is 4.79 Å². The van der Waals surface area contributed by atoms with Crippen LogP contribution in [0.2, 0.25) is 0 Å². The number of aromatic nitrogens is 2. The number of hydrogen-bond acceptors (Lipinski definition) is 6. The van der Waals surface area contributed by atoms with Crippen LogP contribution in [-0.4, -0.2) is 36.1 Å². The van der Waals surface area contributed by atoms with Crippen LogP contribution in [0.5, 0.6) is 0 Å². The van der Waals surface area contributed by atoms with Gasteiger partial charge in [0.25, 0.3) is 0 Å². The van der Waals surface area contributed by atoms with Crippen LogP contribution < -0.4 is 10.2 Å². The van der Waals surface area contributed by atoms with E-state index in [1.807, 2.05) is 36.7 Å². The van der Waals surface area contributed by atoms with Gasteiger partial charge < -0.3 is 15.0 Å². The number of benzene rings is 1. The van der Waals surface area contributed by atoms with Crippen LogP contribution in [0.3, 0.4) is 0 Å². The van der Waals surface area contributed by atoms with Gasteiger partial charge in [-0.15, -0.1) is 0 Å². The van der Waals surface area contributed by atoms with Crippen molar-refractivity contribution in [1.82, 2.24) is 9.97 Å². The number of methoxy groups -OCH3 is 1. The number of carbonyl (C=O) groups is 1. The van der Waals surface area contributed by atoms with E-state index in [0.29, 0.717) is 17.3 Å². The Morgan fingerprint density at radius 1 is 1.10 bits per heavy atom. The normalized spacial score (nSPS) is 16.5. The van der Waals surface area contributed by atoms with E-state index in [0.717, 1.165) is 53.8 Å². The van der Waals surface area contributed by atoms with E-state index in [-0.39, 0.29) is 5.97 Å². The van der Waals surface area contributed by atoms with Crippen molar-refractivity contribution >= 4 is 34.1 Å². The fourth-order valence-corrected chi connectivity index (χ4v) is 4.27. The SMILES string of the molecule is COC(=O)c1cc(C2CC2)cnc1Nc1cccc2c(N3CCCCC3)nccc12. The monoisotopic (exact) mass is 402 g/mol. The Kier molecular flexibility index (Phi) is 4.99. The molecule has 1 aliphatic heterocycles. The third kappa shape index (κ3) is 3.58. The van der Waals surface area contributed by atoms with Crippen LogP contribution in [0.25, 0.3) is 10.8 Å². The first-order valence-corrected chi connectivity index (χ1v) is 10.7. The second kappa shape index (κ2) is 7.94. The number of piperidine rings is 1. The summed E-state index contributed by atoms with van der Waals surface area (Å²) in [4.78, 5) is 24.1. The molecule has 1 aromatic carbocycles. The van der Waals surface area contributed by atoms with E-state index in [2.05, 4.69) is 26.3 Å². The third-order valence-electron chi connectivity index (χ3n) is 6.06. The number of ether oxygens (including phenoxy) is 1. The fourth-order valence-electron chi connectivity index (χ4n) is 4.27. The highest BCUT2D eigenvalue weighted by Gasteiger charge is 2.26. The molecule has 30 heavy (non-hydrogen) atoms. The Labute approximate surface area is 176 Å². The molecule has 2 aliphatic rings. The molecule has 1 N–H and O–H groups in total. The van der Waals surface area contributed by atoms with Gasteiger partial charge in [-0.25, -0.2) is 14.8 Å². The number of carbonyl (C=O) groups excluding carboxylic acids is 1. The summed E-state index contributed by atoms with van der Waals surface area (Å²) in [5.41, 5.74) is 2.49. The van der Waals surface area contributed by atoms with Crippen LogP contribution in [0.1, 0.15) is 53.9 Å². The van der Waals surface area contributed by atoms with Crippen molar-refractivity contribution < 1.29 is 9.53 Å². The van der Waals surface area contributed by atoms with Crippen molar-refractivity contribution in [2.45, 2.75) is 38.0 Å². The molecule has 1 saturated heterocycles. The van der Waals surface area contributed by atoms with Crippen molar-refractivity contribution in [2.24, 2.45) is 0 Å². The molecule has 6 heteroatoms. The average molecular weight is 402 g/mol. The highest BCUT2D eigenvalue weighted by molar-refractivity contribution is 6.02. The first kappa shape index (κ1) is 18.9. The van der Waals surface area contributed by atoms with E-state index in [1.165, 1.54) is 26.4 Å². The molecule has 5 rings (SSSR count). The Morgan fingerprint density at radius 2 is 1.93 bits per heavy atom.